The predicted octanol–water partition coefficient (Wildman–Crippen LogP) is 6.55. The highest BCUT2D eigenvalue weighted by atomic mass is 16.1. The molecule has 4 aromatic carbocycles. The van der Waals surface area contributed by atoms with Crippen LogP contribution >= 0.6 is 0 Å². The summed E-state index contributed by atoms with van der Waals surface area (Å²) in [5, 5.41) is 13.2. The standard InChI is InChI=1S/C29H21N5O/c35-29(31-24-13-5-2-6-14-24)26-27(30-23-11-3-1-4-12-23)33-34-18-17-25(32-28(26)34)22-16-15-20-9-7-8-10-21(20)19-22/h1-19H,(H,30,33)(H,31,35). The Bertz CT molecular complexity index is 1660. The molecule has 35 heavy (non-hydrogen) atoms. The maximum absolute atomic E-state index is 13.5. The lowest BCUT2D eigenvalue weighted by Crippen LogP contribution is -2.13. The molecule has 2 N–H and O–H groups in total. The van der Waals surface area contributed by atoms with E-state index in [9.17, 15) is 4.79 Å². The van der Waals surface area contributed by atoms with Gasteiger partial charge in [-0.2, -0.15) is 0 Å². The summed E-state index contributed by atoms with van der Waals surface area (Å²) >= 11 is 0. The minimum atomic E-state index is -0.284. The maximum Gasteiger partial charge on any atom is 0.263 e. The van der Waals surface area contributed by atoms with E-state index in [-0.39, 0.29) is 5.91 Å². The lowest BCUT2D eigenvalue weighted by atomic mass is 10.1. The average molecular weight is 456 g/mol. The van der Waals surface area contributed by atoms with Crippen molar-refractivity contribution in [2.45, 2.75) is 0 Å². The molecule has 6 heteroatoms. The molecule has 168 valence electrons. The highest BCUT2D eigenvalue weighted by Gasteiger charge is 2.22. The van der Waals surface area contributed by atoms with Crippen molar-refractivity contribution in [1.82, 2.24) is 14.6 Å². The fourth-order valence-electron chi connectivity index (χ4n) is 4.11. The molecule has 2 heterocycles. The molecule has 0 aliphatic heterocycles. The van der Waals surface area contributed by atoms with Gasteiger partial charge in [-0.3, -0.25) is 4.79 Å². The van der Waals surface area contributed by atoms with Crippen molar-refractivity contribution in [3.05, 3.63) is 121 Å². The normalized spacial score (nSPS) is 11.0. The van der Waals surface area contributed by atoms with E-state index in [2.05, 4.69) is 40.0 Å². The Morgan fingerprint density at radius 1 is 0.714 bits per heavy atom. The lowest BCUT2D eigenvalue weighted by Gasteiger charge is -2.08. The van der Waals surface area contributed by atoms with Crippen LogP contribution in [0.2, 0.25) is 0 Å². The molecule has 0 unspecified atom stereocenters. The molecule has 6 rings (SSSR count). The minimum absolute atomic E-state index is 0.284. The summed E-state index contributed by atoms with van der Waals surface area (Å²) in [4.78, 5) is 18.4. The summed E-state index contributed by atoms with van der Waals surface area (Å²) in [5.74, 6) is 0.153. The Kier molecular flexibility index (Phi) is 5.16. The second-order valence-corrected chi connectivity index (χ2v) is 8.18. The highest BCUT2D eigenvalue weighted by Crippen LogP contribution is 2.28. The van der Waals surface area contributed by atoms with Gasteiger partial charge in [-0.1, -0.05) is 72.8 Å². The van der Waals surface area contributed by atoms with Crippen LogP contribution in [0.25, 0.3) is 27.7 Å². The van der Waals surface area contributed by atoms with Crippen LogP contribution in [-0.2, 0) is 0 Å². The number of aromatic nitrogens is 3. The third kappa shape index (κ3) is 4.09. The van der Waals surface area contributed by atoms with E-state index in [1.807, 2.05) is 91.1 Å². The van der Waals surface area contributed by atoms with Gasteiger partial charge in [-0.15, -0.1) is 5.10 Å². The number of anilines is 3. The van der Waals surface area contributed by atoms with Gasteiger partial charge in [0.1, 0.15) is 5.56 Å². The smallest absolute Gasteiger partial charge is 0.263 e. The van der Waals surface area contributed by atoms with Gasteiger partial charge in [-0.25, -0.2) is 9.50 Å². The number of benzene rings is 4. The zero-order valence-electron chi connectivity index (χ0n) is 18.7. The van der Waals surface area contributed by atoms with Crippen LogP contribution < -0.4 is 10.6 Å². The largest absolute Gasteiger partial charge is 0.338 e. The van der Waals surface area contributed by atoms with Gasteiger partial charge in [-0.05, 0) is 47.2 Å². The van der Waals surface area contributed by atoms with Crippen molar-refractivity contribution in [1.29, 1.82) is 0 Å². The SMILES string of the molecule is O=C(Nc1ccccc1)c1c(Nc2ccccc2)nn2ccc(-c3ccc4ccccc4c3)nc12. The molecule has 0 saturated heterocycles. The predicted molar refractivity (Wildman–Crippen MR) is 140 cm³/mol. The topological polar surface area (TPSA) is 71.3 Å². The van der Waals surface area contributed by atoms with Crippen LogP contribution in [-0.4, -0.2) is 20.5 Å². The lowest BCUT2D eigenvalue weighted by molar-refractivity contribution is 0.102. The fraction of sp³-hybridized carbons (Fsp3) is 0. The van der Waals surface area contributed by atoms with E-state index in [1.165, 1.54) is 5.39 Å². The number of hydrogen-bond acceptors (Lipinski definition) is 4. The van der Waals surface area contributed by atoms with E-state index in [0.29, 0.717) is 22.7 Å². The number of nitrogens with one attached hydrogen (secondary N) is 2. The van der Waals surface area contributed by atoms with Gasteiger partial charge >= 0.3 is 0 Å². The van der Waals surface area contributed by atoms with Gasteiger partial charge in [0.2, 0.25) is 0 Å². The molecular weight excluding hydrogens is 434 g/mol. The van der Waals surface area contributed by atoms with Crippen molar-refractivity contribution in [3.8, 4) is 11.3 Å². The molecule has 0 aliphatic rings. The molecule has 0 radical (unpaired) electrons. The number of para-hydroxylation sites is 2. The number of nitrogens with zero attached hydrogens (tertiary/aromatic N) is 3. The highest BCUT2D eigenvalue weighted by molar-refractivity contribution is 6.12. The molecule has 0 aliphatic carbocycles. The number of carbonyl (C=O) groups is 1. The van der Waals surface area contributed by atoms with Crippen LogP contribution in [0.5, 0.6) is 0 Å². The summed E-state index contributed by atoms with van der Waals surface area (Å²) in [6.07, 6.45) is 1.84. The van der Waals surface area contributed by atoms with Gasteiger partial charge in [0.15, 0.2) is 11.5 Å². The minimum Gasteiger partial charge on any atom is -0.338 e. The quantitative estimate of drug-likeness (QED) is 0.309. The summed E-state index contributed by atoms with van der Waals surface area (Å²) in [5.41, 5.74) is 4.12. The van der Waals surface area contributed by atoms with Crippen LogP contribution in [0.4, 0.5) is 17.2 Å². The summed E-state index contributed by atoms with van der Waals surface area (Å²) in [6.45, 7) is 0. The van der Waals surface area contributed by atoms with Crippen molar-refractivity contribution in [3.63, 3.8) is 0 Å². The molecule has 0 fully saturated rings. The Hall–Kier alpha value is -4.97. The number of carbonyl (C=O) groups excluding carboxylic acids is 1. The molecule has 1 amide bonds. The second kappa shape index (κ2) is 8.76. The van der Waals surface area contributed by atoms with E-state index in [0.717, 1.165) is 22.3 Å². The Labute approximate surface area is 201 Å². The Balaban J connectivity index is 1.47. The fourth-order valence-corrected chi connectivity index (χ4v) is 4.11. The number of rotatable bonds is 5. The second-order valence-electron chi connectivity index (χ2n) is 8.18. The first-order valence-electron chi connectivity index (χ1n) is 11.3. The average Bonchev–Trinajstić information content (AvgIpc) is 3.26. The van der Waals surface area contributed by atoms with Gasteiger partial charge in [0, 0.05) is 23.1 Å². The summed E-state index contributed by atoms with van der Waals surface area (Å²) < 4.78 is 1.63. The number of fused-ring (bicyclic) bond motifs is 2. The molecule has 0 bridgehead atoms. The molecule has 2 aromatic heterocycles. The van der Waals surface area contributed by atoms with Crippen molar-refractivity contribution in [2.75, 3.05) is 10.6 Å². The molecule has 6 aromatic rings. The zero-order valence-corrected chi connectivity index (χ0v) is 18.7. The maximum atomic E-state index is 13.5. The third-order valence-electron chi connectivity index (χ3n) is 5.83. The summed E-state index contributed by atoms with van der Waals surface area (Å²) in [7, 11) is 0. The van der Waals surface area contributed by atoms with Crippen LogP contribution in [0, 0.1) is 0 Å². The van der Waals surface area contributed by atoms with E-state index < -0.39 is 0 Å². The van der Waals surface area contributed by atoms with Crippen molar-refractivity contribution >= 4 is 39.5 Å². The molecule has 0 spiro atoms. The Morgan fingerprint density at radius 2 is 1.40 bits per heavy atom. The summed E-state index contributed by atoms with van der Waals surface area (Å²) in [6, 6.07) is 35.4. The first-order chi connectivity index (χ1) is 17.2. The van der Waals surface area contributed by atoms with Crippen molar-refractivity contribution in [2.24, 2.45) is 0 Å². The monoisotopic (exact) mass is 455 g/mol. The van der Waals surface area contributed by atoms with Gasteiger partial charge in [0.05, 0.1) is 5.69 Å². The van der Waals surface area contributed by atoms with Gasteiger partial charge < -0.3 is 10.6 Å². The van der Waals surface area contributed by atoms with Gasteiger partial charge in [0.25, 0.3) is 5.91 Å². The van der Waals surface area contributed by atoms with Crippen LogP contribution in [0.1, 0.15) is 10.4 Å². The molecule has 0 saturated carbocycles. The molecule has 0 atom stereocenters. The van der Waals surface area contributed by atoms with Crippen LogP contribution in [0.15, 0.2) is 115 Å². The zero-order chi connectivity index (χ0) is 23.6. The van der Waals surface area contributed by atoms with Crippen molar-refractivity contribution < 1.29 is 4.79 Å². The van der Waals surface area contributed by atoms with E-state index in [1.54, 1.807) is 4.52 Å². The Morgan fingerprint density at radius 3 is 2.17 bits per heavy atom. The number of hydrogen-bond donors (Lipinski definition) is 2. The molecule has 6 nitrogen and oxygen atoms in total. The molecular formula is C29H21N5O. The number of amides is 1. The first kappa shape index (κ1) is 20.6. The third-order valence-corrected chi connectivity index (χ3v) is 5.83. The van der Waals surface area contributed by atoms with Crippen LogP contribution in [0.3, 0.4) is 0 Å². The van der Waals surface area contributed by atoms with E-state index in [4.69, 9.17) is 4.98 Å². The van der Waals surface area contributed by atoms with E-state index >= 15 is 0 Å². The first-order valence-corrected chi connectivity index (χ1v) is 11.3.